The summed E-state index contributed by atoms with van der Waals surface area (Å²) in [5.41, 5.74) is 0. The van der Waals surface area contributed by atoms with Gasteiger partial charge in [0.25, 0.3) is 0 Å². The minimum Gasteiger partial charge on any atom is -0.486 e. The number of benzene rings is 2. The molecule has 1 N–H and O–H groups in total. The predicted octanol–water partition coefficient (Wildman–Crippen LogP) is 3.22. The number of hydrogen-bond donors (Lipinski definition) is 1. The van der Waals surface area contributed by atoms with E-state index in [-0.39, 0.29) is 23.1 Å². The van der Waals surface area contributed by atoms with E-state index in [0.717, 1.165) is 0 Å². The lowest BCUT2D eigenvalue weighted by atomic mass is 10.2. The number of nitrogens with one attached hydrogen (secondary N) is 1. The Morgan fingerprint density at radius 2 is 1.96 bits per heavy atom. The zero-order valence-corrected chi connectivity index (χ0v) is 15.0. The van der Waals surface area contributed by atoms with Crippen molar-refractivity contribution in [1.29, 1.82) is 0 Å². The lowest BCUT2D eigenvalue weighted by Gasteiger charge is -2.26. The molecule has 0 saturated heterocycles. The van der Waals surface area contributed by atoms with Crippen molar-refractivity contribution < 1.29 is 17.9 Å². The second-order valence-corrected chi connectivity index (χ2v) is 7.98. The molecule has 1 heterocycles. The van der Waals surface area contributed by atoms with E-state index in [1.165, 1.54) is 12.1 Å². The van der Waals surface area contributed by atoms with Gasteiger partial charge in [0.2, 0.25) is 10.0 Å². The molecule has 23 heavy (non-hydrogen) atoms. The molecule has 0 aliphatic carbocycles. The molecular weight excluding hydrogens is 406 g/mol. The Balaban J connectivity index is 1.68. The fourth-order valence-corrected chi connectivity index (χ4v) is 4.24. The fourth-order valence-electron chi connectivity index (χ4n) is 2.14. The maximum atomic E-state index is 12.3. The van der Waals surface area contributed by atoms with Crippen LogP contribution < -0.4 is 14.2 Å². The third-order valence-corrected chi connectivity index (χ3v) is 5.65. The van der Waals surface area contributed by atoms with Crippen LogP contribution in [0.4, 0.5) is 0 Å². The Hall–Kier alpha value is -1.28. The van der Waals surface area contributed by atoms with Gasteiger partial charge in [-0.1, -0.05) is 39.7 Å². The van der Waals surface area contributed by atoms with Crippen molar-refractivity contribution in [3.05, 3.63) is 52.0 Å². The highest BCUT2D eigenvalue weighted by Crippen LogP contribution is 2.31. The molecule has 2 aromatic carbocycles. The molecule has 1 unspecified atom stereocenters. The van der Waals surface area contributed by atoms with Gasteiger partial charge in [-0.05, 0) is 30.3 Å². The molecule has 1 aliphatic heterocycles. The maximum Gasteiger partial charge on any atom is 0.242 e. The van der Waals surface area contributed by atoms with E-state index in [9.17, 15) is 8.42 Å². The number of sulfonamides is 1. The van der Waals surface area contributed by atoms with Gasteiger partial charge in [0.05, 0.1) is 11.6 Å². The molecule has 5 nitrogen and oxygen atoms in total. The van der Waals surface area contributed by atoms with Crippen molar-refractivity contribution in [2.45, 2.75) is 11.0 Å². The zero-order valence-electron chi connectivity index (χ0n) is 11.8. The molecule has 0 saturated carbocycles. The summed E-state index contributed by atoms with van der Waals surface area (Å²) in [6, 6.07) is 11.9. The van der Waals surface area contributed by atoms with Crippen LogP contribution in [0.2, 0.25) is 5.02 Å². The molecule has 3 rings (SSSR count). The SMILES string of the molecule is O=S(=O)(NCC1COc2ccccc2O1)c1ccc(Br)cc1Cl. The van der Waals surface area contributed by atoms with Crippen molar-refractivity contribution in [3.8, 4) is 11.5 Å². The van der Waals surface area contributed by atoms with E-state index < -0.39 is 16.1 Å². The summed E-state index contributed by atoms with van der Waals surface area (Å²) in [4.78, 5) is 0.0273. The van der Waals surface area contributed by atoms with Crippen LogP contribution >= 0.6 is 27.5 Å². The second kappa shape index (κ2) is 6.68. The van der Waals surface area contributed by atoms with Crippen LogP contribution in [0.25, 0.3) is 0 Å². The fraction of sp³-hybridized carbons (Fsp3) is 0.200. The van der Waals surface area contributed by atoms with Gasteiger partial charge in [-0.25, -0.2) is 13.1 Å². The summed E-state index contributed by atoms with van der Waals surface area (Å²) in [7, 11) is -3.72. The molecule has 0 fully saturated rings. The van der Waals surface area contributed by atoms with E-state index in [4.69, 9.17) is 21.1 Å². The monoisotopic (exact) mass is 417 g/mol. The summed E-state index contributed by atoms with van der Waals surface area (Å²) in [6.07, 6.45) is -0.408. The molecule has 0 radical (unpaired) electrons. The van der Waals surface area contributed by atoms with Crippen LogP contribution in [0, 0.1) is 0 Å². The zero-order chi connectivity index (χ0) is 16.4. The summed E-state index contributed by atoms with van der Waals surface area (Å²) >= 11 is 9.24. The second-order valence-electron chi connectivity index (χ2n) is 4.92. The Morgan fingerprint density at radius 3 is 2.70 bits per heavy atom. The van der Waals surface area contributed by atoms with E-state index in [1.807, 2.05) is 12.1 Å². The van der Waals surface area contributed by atoms with Crippen LogP contribution in [0.15, 0.2) is 51.8 Å². The van der Waals surface area contributed by atoms with Crippen molar-refractivity contribution >= 4 is 37.6 Å². The first-order valence-corrected chi connectivity index (χ1v) is 9.44. The van der Waals surface area contributed by atoms with Gasteiger partial charge in [-0.15, -0.1) is 0 Å². The van der Waals surface area contributed by atoms with Gasteiger partial charge in [0, 0.05) is 4.47 Å². The maximum absolute atomic E-state index is 12.3. The molecule has 0 spiro atoms. The Labute approximate surface area is 147 Å². The van der Waals surface area contributed by atoms with Gasteiger partial charge >= 0.3 is 0 Å². The smallest absolute Gasteiger partial charge is 0.242 e. The Kier molecular flexibility index (Phi) is 4.82. The molecule has 2 aromatic rings. The average molecular weight is 419 g/mol. The van der Waals surface area contributed by atoms with Gasteiger partial charge in [0.1, 0.15) is 17.6 Å². The standard InChI is InChI=1S/C15H13BrClNO4S/c16-10-5-6-15(12(17)7-10)23(19,20)18-8-11-9-21-13-3-1-2-4-14(13)22-11/h1-7,11,18H,8-9H2. The summed E-state index contributed by atoms with van der Waals surface area (Å²) < 4.78 is 39.2. The predicted molar refractivity (Wildman–Crippen MR) is 90.7 cm³/mol. The first-order valence-electron chi connectivity index (χ1n) is 6.79. The van der Waals surface area contributed by atoms with E-state index in [0.29, 0.717) is 16.0 Å². The number of hydrogen-bond acceptors (Lipinski definition) is 4. The van der Waals surface area contributed by atoms with Gasteiger partial charge in [0.15, 0.2) is 11.5 Å². The normalized spacial score (nSPS) is 17.0. The van der Waals surface area contributed by atoms with E-state index in [2.05, 4.69) is 20.7 Å². The molecular formula is C15H13BrClNO4S. The summed E-state index contributed by atoms with van der Waals surface area (Å²) in [6.45, 7) is 0.358. The number of rotatable bonds is 4. The summed E-state index contributed by atoms with van der Waals surface area (Å²) in [5.74, 6) is 1.26. The first-order chi connectivity index (χ1) is 11.0. The van der Waals surface area contributed by atoms with Gasteiger partial charge < -0.3 is 9.47 Å². The number of halogens is 2. The lowest BCUT2D eigenvalue weighted by Crippen LogP contribution is -2.40. The minimum absolute atomic E-state index is 0.0273. The number of para-hydroxylation sites is 2. The highest BCUT2D eigenvalue weighted by atomic mass is 79.9. The highest BCUT2D eigenvalue weighted by molar-refractivity contribution is 9.10. The molecule has 122 valence electrons. The van der Waals surface area contributed by atoms with Crippen LogP contribution in [-0.2, 0) is 10.0 Å². The number of ether oxygens (including phenoxy) is 2. The molecule has 0 bridgehead atoms. The van der Waals surface area contributed by atoms with Crippen LogP contribution in [0.1, 0.15) is 0 Å². The van der Waals surface area contributed by atoms with Crippen LogP contribution in [0.5, 0.6) is 11.5 Å². The molecule has 0 aromatic heterocycles. The van der Waals surface area contributed by atoms with Crippen molar-refractivity contribution in [1.82, 2.24) is 4.72 Å². The first kappa shape index (κ1) is 16.6. The van der Waals surface area contributed by atoms with Gasteiger partial charge in [-0.2, -0.15) is 0 Å². The third kappa shape index (κ3) is 3.80. The minimum atomic E-state index is -3.72. The molecule has 8 heteroatoms. The van der Waals surface area contributed by atoms with E-state index >= 15 is 0 Å². The summed E-state index contributed by atoms with van der Waals surface area (Å²) in [5, 5.41) is 0.151. The quantitative estimate of drug-likeness (QED) is 0.828. The largest absolute Gasteiger partial charge is 0.486 e. The molecule has 0 amide bonds. The van der Waals surface area contributed by atoms with Gasteiger partial charge in [-0.3, -0.25) is 0 Å². The third-order valence-electron chi connectivity index (χ3n) is 3.25. The average Bonchev–Trinajstić information content (AvgIpc) is 2.52. The Bertz CT molecular complexity index is 828. The van der Waals surface area contributed by atoms with Crippen molar-refractivity contribution in [2.24, 2.45) is 0 Å². The molecule has 1 atom stereocenters. The van der Waals surface area contributed by atoms with Crippen LogP contribution in [0.3, 0.4) is 0 Å². The van der Waals surface area contributed by atoms with Crippen LogP contribution in [-0.4, -0.2) is 27.7 Å². The topological polar surface area (TPSA) is 64.6 Å². The Morgan fingerprint density at radius 1 is 1.22 bits per heavy atom. The van der Waals surface area contributed by atoms with Crippen molar-refractivity contribution in [3.63, 3.8) is 0 Å². The van der Waals surface area contributed by atoms with E-state index in [1.54, 1.807) is 18.2 Å². The lowest BCUT2D eigenvalue weighted by molar-refractivity contribution is 0.0943. The molecule has 1 aliphatic rings. The van der Waals surface area contributed by atoms with Crippen molar-refractivity contribution in [2.75, 3.05) is 13.2 Å². The number of fused-ring (bicyclic) bond motifs is 1. The highest BCUT2D eigenvalue weighted by Gasteiger charge is 2.24.